The molecule has 0 aliphatic carbocycles. The van der Waals surface area contributed by atoms with Gasteiger partial charge in [0, 0.05) is 13.1 Å². The Hall–Kier alpha value is -3.37. The van der Waals surface area contributed by atoms with Crippen LogP contribution in [0.15, 0.2) is 62.6 Å². The number of anilines is 2. The Bertz CT molecular complexity index is 1230. The van der Waals surface area contributed by atoms with Gasteiger partial charge in [-0.3, -0.25) is 19.5 Å². The van der Waals surface area contributed by atoms with Gasteiger partial charge in [0.25, 0.3) is 17.0 Å². The molecule has 0 saturated carbocycles. The summed E-state index contributed by atoms with van der Waals surface area (Å²) in [4.78, 5) is 39.9. The molecule has 4 rings (SSSR count). The summed E-state index contributed by atoms with van der Waals surface area (Å²) in [6, 6.07) is 13.2. The Balaban J connectivity index is 1.73. The molecular weight excluding hydrogens is 468 g/mol. The first-order valence-electron chi connectivity index (χ1n) is 9.53. The number of nitrogens with zero attached hydrogens (tertiary/aromatic N) is 2. The lowest BCUT2D eigenvalue weighted by atomic mass is 10.1. The maximum absolute atomic E-state index is 13.1. The van der Waals surface area contributed by atoms with E-state index in [1.54, 1.807) is 41.3 Å². The second-order valence-corrected chi connectivity index (χ2v) is 7.63. The van der Waals surface area contributed by atoms with Crippen LogP contribution in [-0.2, 0) is 4.74 Å². The van der Waals surface area contributed by atoms with E-state index in [-0.39, 0.29) is 33.1 Å². The molecule has 1 amide bonds. The lowest BCUT2D eigenvalue weighted by Gasteiger charge is -2.27. The molecule has 1 aliphatic heterocycles. The summed E-state index contributed by atoms with van der Waals surface area (Å²) < 4.78 is 6.35. The Morgan fingerprint density at radius 2 is 1.77 bits per heavy atom. The van der Waals surface area contributed by atoms with E-state index in [0.717, 1.165) is 4.68 Å². The van der Waals surface area contributed by atoms with E-state index in [1.165, 1.54) is 12.1 Å². The number of aromatic hydroxyl groups is 1. The standard InChI is InChI=1S/C21H19BrN4O5/c22-16-17(21(30)26(24-19(16)28)13-5-2-1-3-6-13)23-15-8-4-7-14(18(15)27)20(29)25-9-11-31-12-10-25/h1-8,23,27H,9-12H2,(H,24,28). The maximum Gasteiger partial charge on any atom is 0.294 e. The van der Waals surface area contributed by atoms with Crippen LogP contribution in [-0.4, -0.2) is 52.0 Å². The SMILES string of the molecule is O=C(c1cccc(Nc2c(Br)c(=O)[nH]n(-c3ccccc3)c2=O)c1O)N1CCOCC1. The summed E-state index contributed by atoms with van der Waals surface area (Å²) in [6.45, 7) is 1.72. The zero-order valence-electron chi connectivity index (χ0n) is 16.3. The van der Waals surface area contributed by atoms with Gasteiger partial charge in [-0.15, -0.1) is 0 Å². The number of rotatable bonds is 4. The number of carbonyl (C=O) groups is 1. The highest BCUT2D eigenvalue weighted by Gasteiger charge is 2.23. The minimum absolute atomic E-state index is 0.0195. The second kappa shape index (κ2) is 8.78. The fourth-order valence-corrected chi connectivity index (χ4v) is 3.63. The number of carbonyl (C=O) groups excluding carboxylic acids is 1. The van der Waals surface area contributed by atoms with E-state index in [1.807, 2.05) is 0 Å². The van der Waals surface area contributed by atoms with Gasteiger partial charge in [0.1, 0.15) is 10.2 Å². The molecular formula is C21H19BrN4O5. The third-order valence-electron chi connectivity index (χ3n) is 4.89. The molecule has 0 radical (unpaired) electrons. The fraction of sp³-hybridized carbons (Fsp3) is 0.190. The number of ether oxygens (including phenoxy) is 1. The van der Waals surface area contributed by atoms with Gasteiger partial charge >= 0.3 is 0 Å². The third kappa shape index (κ3) is 4.12. The van der Waals surface area contributed by atoms with E-state index < -0.39 is 11.1 Å². The zero-order chi connectivity index (χ0) is 22.0. The first-order valence-corrected chi connectivity index (χ1v) is 10.3. The van der Waals surface area contributed by atoms with Crippen LogP contribution in [0.3, 0.4) is 0 Å². The Labute approximate surface area is 185 Å². The molecule has 9 nitrogen and oxygen atoms in total. The minimum Gasteiger partial charge on any atom is -0.505 e. The number of phenols is 1. The van der Waals surface area contributed by atoms with E-state index in [0.29, 0.717) is 32.0 Å². The number of aromatic nitrogens is 2. The van der Waals surface area contributed by atoms with Crippen molar-refractivity contribution in [3.8, 4) is 11.4 Å². The van der Waals surface area contributed by atoms with Crippen LogP contribution in [0, 0.1) is 0 Å². The zero-order valence-corrected chi connectivity index (χ0v) is 17.9. The number of aromatic amines is 1. The van der Waals surface area contributed by atoms with E-state index >= 15 is 0 Å². The fourth-order valence-electron chi connectivity index (χ4n) is 3.28. The molecule has 0 unspecified atom stereocenters. The molecule has 2 heterocycles. The molecule has 1 saturated heterocycles. The molecule has 3 aromatic rings. The largest absolute Gasteiger partial charge is 0.505 e. The van der Waals surface area contributed by atoms with Crippen molar-refractivity contribution in [2.45, 2.75) is 0 Å². The summed E-state index contributed by atoms with van der Waals surface area (Å²) in [7, 11) is 0. The number of para-hydroxylation sites is 2. The van der Waals surface area contributed by atoms with Gasteiger partial charge in [-0.2, -0.15) is 0 Å². The molecule has 10 heteroatoms. The van der Waals surface area contributed by atoms with Crippen LogP contribution < -0.4 is 16.4 Å². The van der Waals surface area contributed by atoms with Crippen molar-refractivity contribution in [1.82, 2.24) is 14.7 Å². The molecule has 0 atom stereocenters. The van der Waals surface area contributed by atoms with Crippen LogP contribution in [0.2, 0.25) is 0 Å². The quantitative estimate of drug-likeness (QED) is 0.486. The number of amides is 1. The first-order chi connectivity index (χ1) is 15.0. The monoisotopic (exact) mass is 486 g/mol. The van der Waals surface area contributed by atoms with E-state index in [4.69, 9.17) is 4.74 Å². The normalized spacial score (nSPS) is 13.8. The van der Waals surface area contributed by atoms with Gasteiger partial charge in [-0.05, 0) is 40.2 Å². The van der Waals surface area contributed by atoms with Crippen LogP contribution in [0.1, 0.15) is 10.4 Å². The number of benzene rings is 2. The molecule has 0 bridgehead atoms. The smallest absolute Gasteiger partial charge is 0.294 e. The summed E-state index contributed by atoms with van der Waals surface area (Å²) in [5.41, 5.74) is -0.453. The molecule has 2 aromatic carbocycles. The van der Waals surface area contributed by atoms with Crippen LogP contribution in [0.5, 0.6) is 5.75 Å². The molecule has 1 aromatic heterocycles. The molecule has 1 aliphatic rings. The van der Waals surface area contributed by atoms with Crippen LogP contribution in [0.4, 0.5) is 11.4 Å². The molecule has 160 valence electrons. The van der Waals surface area contributed by atoms with Gasteiger partial charge in [-0.1, -0.05) is 24.3 Å². The molecule has 0 spiro atoms. The number of halogens is 1. The van der Waals surface area contributed by atoms with E-state index in [2.05, 4.69) is 26.3 Å². The van der Waals surface area contributed by atoms with Crippen molar-refractivity contribution in [2.24, 2.45) is 0 Å². The Morgan fingerprint density at radius 3 is 2.48 bits per heavy atom. The lowest BCUT2D eigenvalue weighted by molar-refractivity contribution is 0.0301. The van der Waals surface area contributed by atoms with Crippen LogP contribution in [0.25, 0.3) is 5.69 Å². The minimum atomic E-state index is -0.540. The lowest BCUT2D eigenvalue weighted by Crippen LogP contribution is -2.40. The number of hydrogen-bond donors (Lipinski definition) is 3. The predicted molar refractivity (Wildman–Crippen MR) is 118 cm³/mol. The van der Waals surface area contributed by atoms with Crippen molar-refractivity contribution >= 4 is 33.2 Å². The number of phenolic OH excluding ortho intramolecular Hbond substituents is 1. The highest BCUT2D eigenvalue weighted by atomic mass is 79.9. The topological polar surface area (TPSA) is 117 Å². The maximum atomic E-state index is 13.1. The van der Waals surface area contributed by atoms with Crippen molar-refractivity contribution in [3.05, 3.63) is 79.3 Å². The molecule has 31 heavy (non-hydrogen) atoms. The molecule has 3 N–H and O–H groups in total. The van der Waals surface area contributed by atoms with Crippen molar-refractivity contribution < 1.29 is 14.6 Å². The summed E-state index contributed by atoms with van der Waals surface area (Å²) in [6.07, 6.45) is 0. The van der Waals surface area contributed by atoms with Gasteiger partial charge in [0.2, 0.25) is 0 Å². The van der Waals surface area contributed by atoms with Gasteiger partial charge < -0.3 is 20.1 Å². The average Bonchev–Trinajstić information content (AvgIpc) is 2.81. The van der Waals surface area contributed by atoms with Crippen molar-refractivity contribution in [1.29, 1.82) is 0 Å². The Kier molecular flexibility index (Phi) is 5.92. The van der Waals surface area contributed by atoms with Gasteiger partial charge in [0.05, 0.1) is 30.2 Å². The predicted octanol–water partition coefficient (Wildman–Crippen LogP) is 2.21. The average molecular weight is 487 g/mol. The van der Waals surface area contributed by atoms with Gasteiger partial charge in [0.15, 0.2) is 5.75 Å². The number of H-pyrrole nitrogens is 1. The summed E-state index contributed by atoms with van der Waals surface area (Å²) in [5, 5.41) is 16.0. The number of nitrogens with one attached hydrogen (secondary N) is 2. The highest BCUT2D eigenvalue weighted by Crippen LogP contribution is 2.31. The Morgan fingerprint density at radius 1 is 1.06 bits per heavy atom. The molecule has 1 fully saturated rings. The number of morpholine rings is 1. The van der Waals surface area contributed by atoms with Crippen molar-refractivity contribution in [3.63, 3.8) is 0 Å². The van der Waals surface area contributed by atoms with Gasteiger partial charge in [-0.25, -0.2) is 4.68 Å². The third-order valence-corrected chi connectivity index (χ3v) is 5.64. The van der Waals surface area contributed by atoms with Crippen molar-refractivity contribution in [2.75, 3.05) is 31.6 Å². The summed E-state index contributed by atoms with van der Waals surface area (Å²) in [5.74, 6) is -0.645. The number of hydrogen-bond acceptors (Lipinski definition) is 6. The highest BCUT2D eigenvalue weighted by molar-refractivity contribution is 9.10. The van der Waals surface area contributed by atoms with E-state index in [9.17, 15) is 19.5 Å². The first kappa shape index (κ1) is 20.9. The second-order valence-electron chi connectivity index (χ2n) is 6.84. The van der Waals surface area contributed by atoms with Crippen LogP contribution >= 0.6 is 15.9 Å². The summed E-state index contributed by atoms with van der Waals surface area (Å²) >= 11 is 3.14.